The number of ether oxygens (including phenoxy) is 3. The molecule has 0 saturated heterocycles. The number of methoxy groups -OCH3 is 2. The van der Waals surface area contributed by atoms with E-state index in [4.69, 9.17) is 18.6 Å². The summed E-state index contributed by atoms with van der Waals surface area (Å²) in [4.78, 5) is 12.3. The Bertz CT molecular complexity index is 959. The van der Waals surface area contributed by atoms with Gasteiger partial charge in [-0.15, -0.1) is 10.2 Å². The van der Waals surface area contributed by atoms with E-state index in [2.05, 4.69) is 15.5 Å². The smallest absolute Gasteiger partial charge is 0.277 e. The van der Waals surface area contributed by atoms with E-state index in [9.17, 15) is 4.79 Å². The third-order valence-corrected chi connectivity index (χ3v) is 4.64. The summed E-state index contributed by atoms with van der Waals surface area (Å²) in [7, 11) is 3.09. The summed E-state index contributed by atoms with van der Waals surface area (Å²) in [5, 5.41) is 11.1. The van der Waals surface area contributed by atoms with Gasteiger partial charge in [0.2, 0.25) is 11.8 Å². The van der Waals surface area contributed by atoms with Gasteiger partial charge in [-0.1, -0.05) is 11.8 Å². The number of benzene rings is 2. The van der Waals surface area contributed by atoms with Crippen LogP contribution in [0.15, 0.2) is 52.1 Å². The van der Waals surface area contributed by atoms with Gasteiger partial charge in [0.25, 0.3) is 5.22 Å². The van der Waals surface area contributed by atoms with E-state index in [0.29, 0.717) is 34.9 Å². The van der Waals surface area contributed by atoms with E-state index in [1.165, 1.54) is 7.11 Å². The molecule has 3 aromatic rings. The van der Waals surface area contributed by atoms with Crippen molar-refractivity contribution < 1.29 is 23.4 Å². The van der Waals surface area contributed by atoms with Crippen LogP contribution in [-0.2, 0) is 4.79 Å². The number of thioether (sulfide) groups is 1. The minimum absolute atomic E-state index is 0.102. The zero-order valence-electron chi connectivity index (χ0n) is 16.3. The molecule has 0 bridgehead atoms. The largest absolute Gasteiger partial charge is 0.497 e. The molecular weight excluding hydrogens is 394 g/mol. The number of carbonyl (C=O) groups is 1. The van der Waals surface area contributed by atoms with Crippen LogP contribution in [0.25, 0.3) is 11.5 Å². The van der Waals surface area contributed by atoms with Crippen LogP contribution in [0.3, 0.4) is 0 Å². The number of hydrogen-bond donors (Lipinski definition) is 1. The lowest BCUT2D eigenvalue weighted by atomic mass is 10.2. The second kappa shape index (κ2) is 9.83. The van der Waals surface area contributed by atoms with Gasteiger partial charge in [0.1, 0.15) is 17.2 Å². The molecular formula is C20H21N3O5S. The van der Waals surface area contributed by atoms with Gasteiger partial charge >= 0.3 is 0 Å². The van der Waals surface area contributed by atoms with Crippen LogP contribution in [0.5, 0.6) is 17.2 Å². The average Bonchev–Trinajstić information content (AvgIpc) is 3.22. The standard InChI is InChI=1S/C20H21N3O5S/c1-4-27-14-7-5-13(6-8-14)19-22-23-20(28-19)29-12-18(24)21-16-11-15(25-2)9-10-17(16)26-3/h5-11H,4,12H2,1-3H3,(H,21,24). The van der Waals surface area contributed by atoms with Crippen molar-refractivity contribution in [1.29, 1.82) is 0 Å². The van der Waals surface area contributed by atoms with E-state index in [0.717, 1.165) is 23.1 Å². The monoisotopic (exact) mass is 415 g/mol. The van der Waals surface area contributed by atoms with Crippen LogP contribution < -0.4 is 19.5 Å². The van der Waals surface area contributed by atoms with Crippen LogP contribution in [0.1, 0.15) is 6.92 Å². The molecule has 1 heterocycles. The zero-order chi connectivity index (χ0) is 20.6. The van der Waals surface area contributed by atoms with Crippen LogP contribution in [0.4, 0.5) is 5.69 Å². The summed E-state index contributed by atoms with van der Waals surface area (Å²) >= 11 is 1.15. The molecule has 8 nitrogen and oxygen atoms in total. The average molecular weight is 415 g/mol. The van der Waals surface area contributed by atoms with Crippen molar-refractivity contribution in [3.8, 4) is 28.7 Å². The fraction of sp³-hybridized carbons (Fsp3) is 0.250. The topological polar surface area (TPSA) is 95.7 Å². The Labute approximate surface area is 172 Å². The number of rotatable bonds is 9. The van der Waals surface area contributed by atoms with Crippen LogP contribution >= 0.6 is 11.8 Å². The maximum Gasteiger partial charge on any atom is 0.277 e. The zero-order valence-corrected chi connectivity index (χ0v) is 17.1. The number of amides is 1. The van der Waals surface area contributed by atoms with Crippen molar-refractivity contribution in [3.05, 3.63) is 42.5 Å². The highest BCUT2D eigenvalue weighted by atomic mass is 32.2. The number of aromatic nitrogens is 2. The Hall–Kier alpha value is -3.20. The van der Waals surface area contributed by atoms with Gasteiger partial charge in [-0.3, -0.25) is 4.79 Å². The van der Waals surface area contributed by atoms with E-state index in [-0.39, 0.29) is 11.7 Å². The molecule has 3 rings (SSSR count). The fourth-order valence-electron chi connectivity index (χ4n) is 2.47. The Balaban J connectivity index is 1.59. The lowest BCUT2D eigenvalue weighted by molar-refractivity contribution is -0.113. The molecule has 0 atom stereocenters. The first-order chi connectivity index (χ1) is 14.1. The second-order valence-corrected chi connectivity index (χ2v) is 6.66. The highest BCUT2D eigenvalue weighted by molar-refractivity contribution is 7.99. The summed E-state index contributed by atoms with van der Waals surface area (Å²) in [6, 6.07) is 12.5. The van der Waals surface area contributed by atoms with Gasteiger partial charge in [0.05, 0.1) is 32.3 Å². The van der Waals surface area contributed by atoms with Gasteiger partial charge in [0.15, 0.2) is 0 Å². The minimum Gasteiger partial charge on any atom is -0.497 e. The normalized spacial score (nSPS) is 10.4. The molecule has 2 aromatic carbocycles. The molecule has 1 amide bonds. The maximum absolute atomic E-state index is 12.3. The van der Waals surface area contributed by atoms with E-state index in [1.54, 1.807) is 25.3 Å². The predicted molar refractivity (Wildman–Crippen MR) is 110 cm³/mol. The number of nitrogens with zero attached hydrogens (tertiary/aromatic N) is 2. The molecule has 0 aliphatic rings. The number of hydrogen-bond acceptors (Lipinski definition) is 8. The quantitative estimate of drug-likeness (QED) is 0.526. The van der Waals surface area contributed by atoms with Gasteiger partial charge < -0.3 is 23.9 Å². The molecule has 0 aliphatic carbocycles. The molecule has 0 saturated carbocycles. The van der Waals surface area contributed by atoms with E-state index in [1.807, 2.05) is 31.2 Å². The molecule has 0 radical (unpaired) electrons. The molecule has 0 aliphatic heterocycles. The highest BCUT2D eigenvalue weighted by Gasteiger charge is 2.13. The molecule has 1 aromatic heterocycles. The Morgan fingerprint density at radius 2 is 1.83 bits per heavy atom. The first kappa shape index (κ1) is 20.5. The van der Waals surface area contributed by atoms with Crippen molar-refractivity contribution >= 4 is 23.4 Å². The molecule has 29 heavy (non-hydrogen) atoms. The second-order valence-electron chi connectivity index (χ2n) is 5.73. The van der Waals surface area contributed by atoms with Crippen molar-refractivity contribution in [3.63, 3.8) is 0 Å². The maximum atomic E-state index is 12.3. The Morgan fingerprint density at radius 1 is 1.07 bits per heavy atom. The lowest BCUT2D eigenvalue weighted by Gasteiger charge is -2.11. The Kier molecular flexibility index (Phi) is 6.96. The van der Waals surface area contributed by atoms with Crippen molar-refractivity contribution in [2.45, 2.75) is 12.1 Å². The number of anilines is 1. The predicted octanol–water partition coefficient (Wildman–Crippen LogP) is 3.88. The molecule has 0 fully saturated rings. The summed E-state index contributed by atoms with van der Waals surface area (Å²) in [6.45, 7) is 2.53. The first-order valence-corrected chi connectivity index (χ1v) is 9.83. The van der Waals surface area contributed by atoms with E-state index >= 15 is 0 Å². The number of carbonyl (C=O) groups excluding carboxylic acids is 1. The summed E-state index contributed by atoms with van der Waals surface area (Å²) < 4.78 is 21.5. The third-order valence-electron chi connectivity index (χ3n) is 3.83. The van der Waals surface area contributed by atoms with Crippen LogP contribution in [-0.4, -0.2) is 42.7 Å². The fourth-order valence-corrected chi connectivity index (χ4v) is 3.03. The minimum atomic E-state index is -0.234. The lowest BCUT2D eigenvalue weighted by Crippen LogP contribution is -2.14. The van der Waals surface area contributed by atoms with Gasteiger partial charge in [0, 0.05) is 11.6 Å². The SMILES string of the molecule is CCOc1ccc(-c2nnc(SCC(=O)Nc3cc(OC)ccc3OC)o2)cc1. The molecule has 9 heteroatoms. The molecule has 1 N–H and O–H groups in total. The van der Waals surface area contributed by atoms with Gasteiger partial charge in [-0.05, 0) is 43.3 Å². The van der Waals surface area contributed by atoms with Gasteiger partial charge in [-0.2, -0.15) is 0 Å². The van der Waals surface area contributed by atoms with Crippen molar-refractivity contribution in [2.75, 3.05) is 31.9 Å². The molecule has 152 valence electrons. The van der Waals surface area contributed by atoms with Gasteiger partial charge in [-0.25, -0.2) is 0 Å². The first-order valence-electron chi connectivity index (χ1n) is 8.84. The third kappa shape index (κ3) is 5.41. The highest BCUT2D eigenvalue weighted by Crippen LogP contribution is 2.29. The number of nitrogens with one attached hydrogen (secondary N) is 1. The van der Waals surface area contributed by atoms with Crippen molar-refractivity contribution in [1.82, 2.24) is 10.2 Å². The van der Waals surface area contributed by atoms with Crippen molar-refractivity contribution in [2.24, 2.45) is 0 Å². The summed E-state index contributed by atoms with van der Waals surface area (Å²) in [5.41, 5.74) is 1.30. The Morgan fingerprint density at radius 3 is 2.52 bits per heavy atom. The van der Waals surface area contributed by atoms with Crippen LogP contribution in [0.2, 0.25) is 0 Å². The molecule has 0 unspecified atom stereocenters. The van der Waals surface area contributed by atoms with Crippen LogP contribution in [0, 0.1) is 0 Å². The van der Waals surface area contributed by atoms with E-state index < -0.39 is 0 Å². The molecule has 0 spiro atoms. The summed E-state index contributed by atoms with van der Waals surface area (Å²) in [5.74, 6) is 2.18. The summed E-state index contributed by atoms with van der Waals surface area (Å²) in [6.07, 6.45) is 0.